The van der Waals surface area contributed by atoms with Gasteiger partial charge in [-0.1, -0.05) is 0 Å². The maximum Gasteiger partial charge on any atom is 0.264 e. The third-order valence-corrected chi connectivity index (χ3v) is 2.30. The van der Waals surface area contributed by atoms with Crippen LogP contribution in [0.1, 0.15) is 30.5 Å². The standard InChI is InChI=1S/C10H11F2NO2/c1-5(13)6-2-8-9(15-4-14-8)3-7(6)10(11)12/h2-3,5,10H,4,13H2,1H3. The number of halogens is 2. The second-order valence-electron chi connectivity index (χ2n) is 3.42. The highest BCUT2D eigenvalue weighted by Crippen LogP contribution is 2.39. The van der Waals surface area contributed by atoms with Crippen LogP contribution in [0.2, 0.25) is 0 Å². The van der Waals surface area contributed by atoms with Crippen LogP contribution in [-0.4, -0.2) is 6.79 Å². The Balaban J connectivity index is 2.52. The number of alkyl halides is 2. The van der Waals surface area contributed by atoms with Crippen LogP contribution in [0, 0.1) is 0 Å². The molecule has 3 nitrogen and oxygen atoms in total. The number of nitrogens with two attached hydrogens (primary N) is 1. The van der Waals surface area contributed by atoms with E-state index in [0.29, 0.717) is 17.1 Å². The minimum absolute atomic E-state index is 0.0699. The van der Waals surface area contributed by atoms with Crippen molar-refractivity contribution in [3.8, 4) is 11.5 Å². The fraction of sp³-hybridized carbons (Fsp3) is 0.400. The van der Waals surface area contributed by atoms with Crippen molar-refractivity contribution in [2.75, 3.05) is 6.79 Å². The van der Waals surface area contributed by atoms with Crippen LogP contribution in [0.5, 0.6) is 11.5 Å². The molecule has 1 aliphatic rings. The summed E-state index contributed by atoms with van der Waals surface area (Å²) >= 11 is 0. The molecule has 2 N–H and O–H groups in total. The van der Waals surface area contributed by atoms with E-state index < -0.39 is 12.5 Å². The van der Waals surface area contributed by atoms with Gasteiger partial charge in [-0.2, -0.15) is 0 Å². The van der Waals surface area contributed by atoms with Crippen molar-refractivity contribution < 1.29 is 18.3 Å². The largest absolute Gasteiger partial charge is 0.454 e. The lowest BCUT2D eigenvalue weighted by Crippen LogP contribution is -2.08. The molecule has 0 bridgehead atoms. The molecule has 2 rings (SSSR count). The van der Waals surface area contributed by atoms with Crippen molar-refractivity contribution in [1.29, 1.82) is 0 Å². The Hall–Kier alpha value is -1.36. The molecule has 1 heterocycles. The highest BCUT2D eigenvalue weighted by atomic mass is 19.3. The van der Waals surface area contributed by atoms with Gasteiger partial charge in [0.1, 0.15) is 0 Å². The number of benzene rings is 1. The van der Waals surface area contributed by atoms with Gasteiger partial charge in [0, 0.05) is 11.6 Å². The first-order chi connectivity index (χ1) is 7.09. The van der Waals surface area contributed by atoms with Crippen LogP contribution < -0.4 is 15.2 Å². The summed E-state index contributed by atoms with van der Waals surface area (Å²) in [6.07, 6.45) is -2.56. The summed E-state index contributed by atoms with van der Waals surface area (Å²) in [6.45, 7) is 1.73. The van der Waals surface area contributed by atoms with Crippen LogP contribution in [0.3, 0.4) is 0 Å². The lowest BCUT2D eigenvalue weighted by atomic mass is 10.0. The van der Waals surface area contributed by atoms with Gasteiger partial charge in [0.2, 0.25) is 6.79 Å². The topological polar surface area (TPSA) is 44.5 Å². The molecule has 1 atom stereocenters. The molecule has 0 radical (unpaired) electrons. The predicted molar refractivity (Wildman–Crippen MR) is 50.1 cm³/mol. The van der Waals surface area contributed by atoms with Gasteiger partial charge < -0.3 is 15.2 Å². The van der Waals surface area contributed by atoms with E-state index in [2.05, 4.69) is 0 Å². The number of fused-ring (bicyclic) bond motifs is 1. The molecular formula is C10H11F2NO2. The second-order valence-corrected chi connectivity index (χ2v) is 3.42. The van der Waals surface area contributed by atoms with Crippen LogP contribution in [0.4, 0.5) is 8.78 Å². The highest BCUT2D eigenvalue weighted by Gasteiger charge is 2.22. The average Bonchev–Trinajstić information content (AvgIpc) is 2.61. The molecule has 1 unspecified atom stereocenters. The van der Waals surface area contributed by atoms with Crippen LogP contribution >= 0.6 is 0 Å². The van der Waals surface area contributed by atoms with Crippen molar-refractivity contribution >= 4 is 0 Å². The van der Waals surface area contributed by atoms with E-state index in [-0.39, 0.29) is 12.4 Å². The summed E-state index contributed by atoms with van der Waals surface area (Å²) < 4.78 is 35.5. The van der Waals surface area contributed by atoms with E-state index >= 15 is 0 Å². The van der Waals surface area contributed by atoms with E-state index in [4.69, 9.17) is 15.2 Å². The molecule has 1 aliphatic heterocycles. The smallest absolute Gasteiger partial charge is 0.264 e. The maximum atomic E-state index is 12.7. The van der Waals surface area contributed by atoms with Gasteiger partial charge in [-0.05, 0) is 24.6 Å². The molecule has 0 amide bonds. The minimum Gasteiger partial charge on any atom is -0.454 e. The van der Waals surface area contributed by atoms with Crippen molar-refractivity contribution in [3.05, 3.63) is 23.3 Å². The van der Waals surface area contributed by atoms with Crippen LogP contribution in [-0.2, 0) is 0 Å². The molecular weight excluding hydrogens is 204 g/mol. The van der Waals surface area contributed by atoms with Crippen molar-refractivity contribution in [2.24, 2.45) is 5.73 Å². The molecule has 0 spiro atoms. The monoisotopic (exact) mass is 215 g/mol. The molecule has 82 valence electrons. The first kappa shape index (κ1) is 10.2. The number of rotatable bonds is 2. The summed E-state index contributed by atoms with van der Waals surface area (Å²) in [5, 5.41) is 0. The molecule has 0 saturated carbocycles. The molecule has 15 heavy (non-hydrogen) atoms. The predicted octanol–water partition coefficient (Wildman–Crippen LogP) is 2.37. The number of hydrogen-bond acceptors (Lipinski definition) is 3. The lowest BCUT2D eigenvalue weighted by molar-refractivity contribution is 0.149. The molecule has 0 aromatic heterocycles. The lowest BCUT2D eigenvalue weighted by Gasteiger charge is -2.13. The number of ether oxygens (including phenoxy) is 2. The summed E-state index contributed by atoms with van der Waals surface area (Å²) in [6, 6.07) is 2.36. The molecule has 0 saturated heterocycles. The zero-order valence-electron chi connectivity index (χ0n) is 8.17. The van der Waals surface area contributed by atoms with Gasteiger partial charge in [0.05, 0.1) is 0 Å². The van der Waals surface area contributed by atoms with Gasteiger partial charge in [-0.3, -0.25) is 0 Å². The van der Waals surface area contributed by atoms with E-state index in [9.17, 15) is 8.78 Å². The molecule has 5 heteroatoms. The van der Waals surface area contributed by atoms with E-state index in [0.717, 1.165) is 0 Å². The normalized spacial score (nSPS) is 15.8. The second kappa shape index (κ2) is 3.66. The Morgan fingerprint density at radius 1 is 1.20 bits per heavy atom. The van der Waals surface area contributed by atoms with E-state index in [1.807, 2.05) is 0 Å². The molecule has 0 fully saturated rings. The maximum absolute atomic E-state index is 12.7. The third kappa shape index (κ3) is 1.74. The summed E-state index contributed by atoms with van der Waals surface area (Å²) in [5.41, 5.74) is 5.93. The fourth-order valence-corrected chi connectivity index (χ4v) is 1.56. The Bertz CT molecular complexity index is 345. The van der Waals surface area contributed by atoms with Gasteiger partial charge >= 0.3 is 0 Å². The van der Waals surface area contributed by atoms with Gasteiger partial charge in [0.15, 0.2) is 11.5 Å². The quantitative estimate of drug-likeness (QED) is 0.823. The van der Waals surface area contributed by atoms with Crippen molar-refractivity contribution in [2.45, 2.75) is 19.4 Å². The van der Waals surface area contributed by atoms with Gasteiger partial charge in [0.25, 0.3) is 6.43 Å². The first-order valence-electron chi connectivity index (χ1n) is 4.56. The number of hydrogen-bond donors (Lipinski definition) is 1. The molecule has 1 aromatic carbocycles. The Morgan fingerprint density at radius 2 is 1.73 bits per heavy atom. The molecule has 0 aliphatic carbocycles. The Morgan fingerprint density at radius 3 is 2.20 bits per heavy atom. The first-order valence-corrected chi connectivity index (χ1v) is 4.56. The zero-order valence-corrected chi connectivity index (χ0v) is 8.17. The minimum atomic E-state index is -2.56. The van der Waals surface area contributed by atoms with Crippen molar-refractivity contribution in [1.82, 2.24) is 0 Å². The summed E-state index contributed by atoms with van der Waals surface area (Å²) in [5.74, 6) is 0.835. The summed E-state index contributed by atoms with van der Waals surface area (Å²) in [4.78, 5) is 0. The van der Waals surface area contributed by atoms with E-state index in [1.54, 1.807) is 6.92 Å². The molecule has 1 aromatic rings. The Labute approximate surface area is 85.8 Å². The SMILES string of the molecule is CC(N)c1cc2c(cc1C(F)F)OCO2. The zero-order chi connectivity index (χ0) is 11.0. The van der Waals surface area contributed by atoms with Gasteiger partial charge in [-0.15, -0.1) is 0 Å². The average molecular weight is 215 g/mol. The van der Waals surface area contributed by atoms with E-state index in [1.165, 1.54) is 12.1 Å². The summed E-state index contributed by atoms with van der Waals surface area (Å²) in [7, 11) is 0. The fourth-order valence-electron chi connectivity index (χ4n) is 1.56. The third-order valence-electron chi connectivity index (χ3n) is 2.30. The van der Waals surface area contributed by atoms with Gasteiger partial charge in [-0.25, -0.2) is 8.78 Å². The van der Waals surface area contributed by atoms with Crippen LogP contribution in [0.15, 0.2) is 12.1 Å². The Kier molecular flexibility index (Phi) is 2.48. The highest BCUT2D eigenvalue weighted by molar-refractivity contribution is 5.50. The van der Waals surface area contributed by atoms with Crippen molar-refractivity contribution in [3.63, 3.8) is 0 Å². The van der Waals surface area contributed by atoms with Crippen LogP contribution in [0.25, 0.3) is 0 Å².